The average molecular weight is 363 g/mol. The van der Waals surface area contributed by atoms with E-state index in [1.54, 1.807) is 18.2 Å². The zero-order valence-corrected chi connectivity index (χ0v) is 15.8. The van der Waals surface area contributed by atoms with Gasteiger partial charge in [0, 0.05) is 17.7 Å². The fraction of sp³-hybridized carbons (Fsp3) is 0.318. The van der Waals surface area contributed by atoms with Crippen LogP contribution in [0.25, 0.3) is 0 Å². The van der Waals surface area contributed by atoms with E-state index < -0.39 is 0 Å². The Morgan fingerprint density at radius 1 is 1.00 bits per heavy atom. The standard InChI is InChI=1S/C22H25N3O2/c1-14(2)18-13-19(26)25-22(23-18)20(15-7-5-4-6-8-15)21(24-25)16-9-11-17(27-3)12-10-16/h4-14,20-24H,1-3H3. The summed E-state index contributed by atoms with van der Waals surface area (Å²) in [5, 5.41) is 5.33. The molecule has 0 spiro atoms. The van der Waals surface area contributed by atoms with Gasteiger partial charge >= 0.3 is 0 Å². The van der Waals surface area contributed by atoms with Crippen LogP contribution in [-0.4, -0.2) is 24.2 Å². The first kappa shape index (κ1) is 17.6. The van der Waals surface area contributed by atoms with Crippen molar-refractivity contribution < 1.29 is 9.53 Å². The number of benzene rings is 2. The number of fused-ring (bicyclic) bond motifs is 1. The predicted molar refractivity (Wildman–Crippen MR) is 105 cm³/mol. The van der Waals surface area contributed by atoms with Crippen LogP contribution in [-0.2, 0) is 4.79 Å². The highest BCUT2D eigenvalue weighted by molar-refractivity contribution is 5.89. The highest BCUT2D eigenvalue weighted by atomic mass is 16.5. The Balaban J connectivity index is 1.74. The summed E-state index contributed by atoms with van der Waals surface area (Å²) in [6.45, 7) is 4.20. The molecule has 3 unspecified atom stereocenters. The van der Waals surface area contributed by atoms with E-state index in [0.29, 0.717) is 0 Å². The van der Waals surface area contributed by atoms with Crippen molar-refractivity contribution in [3.63, 3.8) is 0 Å². The van der Waals surface area contributed by atoms with Crippen LogP contribution in [0, 0.1) is 5.92 Å². The molecule has 140 valence electrons. The fourth-order valence-electron chi connectivity index (χ4n) is 3.90. The summed E-state index contributed by atoms with van der Waals surface area (Å²) in [5.74, 6) is 1.18. The lowest BCUT2D eigenvalue weighted by molar-refractivity contribution is -0.131. The zero-order chi connectivity index (χ0) is 19.0. The number of rotatable bonds is 4. The number of hydrazine groups is 1. The zero-order valence-electron chi connectivity index (χ0n) is 15.8. The van der Waals surface area contributed by atoms with Crippen LogP contribution in [0.4, 0.5) is 0 Å². The Hall–Kier alpha value is -2.79. The Morgan fingerprint density at radius 2 is 1.70 bits per heavy atom. The molecule has 0 bridgehead atoms. The minimum absolute atomic E-state index is 0.000562. The van der Waals surface area contributed by atoms with Gasteiger partial charge in [-0.15, -0.1) is 0 Å². The van der Waals surface area contributed by atoms with E-state index in [9.17, 15) is 4.79 Å². The number of amides is 1. The van der Waals surface area contributed by atoms with E-state index in [-0.39, 0.29) is 30.0 Å². The summed E-state index contributed by atoms with van der Waals surface area (Å²) in [6.07, 6.45) is 1.57. The molecule has 5 nitrogen and oxygen atoms in total. The molecule has 2 aromatic rings. The van der Waals surface area contributed by atoms with Crippen LogP contribution in [0.5, 0.6) is 5.75 Å². The third-order valence-electron chi connectivity index (χ3n) is 5.37. The molecular formula is C22H25N3O2. The molecular weight excluding hydrogens is 338 g/mol. The van der Waals surface area contributed by atoms with Crippen LogP contribution < -0.4 is 15.5 Å². The van der Waals surface area contributed by atoms with Crippen molar-refractivity contribution >= 4 is 5.91 Å². The summed E-state index contributed by atoms with van der Waals surface area (Å²) in [7, 11) is 1.66. The third-order valence-corrected chi connectivity index (χ3v) is 5.37. The van der Waals surface area contributed by atoms with Gasteiger partial charge in [0.05, 0.1) is 13.2 Å². The van der Waals surface area contributed by atoms with E-state index in [1.807, 2.05) is 30.3 Å². The van der Waals surface area contributed by atoms with E-state index >= 15 is 0 Å². The summed E-state index contributed by atoms with van der Waals surface area (Å²) in [4.78, 5) is 12.8. The second-order valence-electron chi connectivity index (χ2n) is 7.37. The topological polar surface area (TPSA) is 53.6 Å². The number of ether oxygens (including phenoxy) is 1. The van der Waals surface area contributed by atoms with Crippen LogP contribution >= 0.6 is 0 Å². The van der Waals surface area contributed by atoms with E-state index in [2.05, 4.69) is 48.9 Å². The number of nitrogens with zero attached hydrogens (tertiary/aromatic N) is 1. The summed E-state index contributed by atoms with van der Waals surface area (Å²) >= 11 is 0. The number of carbonyl (C=O) groups excluding carboxylic acids is 1. The molecule has 0 radical (unpaired) electrons. The van der Waals surface area contributed by atoms with Crippen LogP contribution in [0.1, 0.15) is 36.9 Å². The number of nitrogens with one attached hydrogen (secondary N) is 2. The summed E-state index contributed by atoms with van der Waals surface area (Å²) in [6, 6.07) is 18.4. The van der Waals surface area contributed by atoms with Gasteiger partial charge in [0.15, 0.2) is 0 Å². The monoisotopic (exact) mass is 363 g/mol. The molecule has 2 N–H and O–H groups in total. The summed E-state index contributed by atoms with van der Waals surface area (Å²) < 4.78 is 5.29. The molecule has 1 fully saturated rings. The molecule has 2 aromatic carbocycles. The number of carbonyl (C=O) groups is 1. The molecule has 0 aliphatic carbocycles. The van der Waals surface area contributed by atoms with Gasteiger partial charge in [0.25, 0.3) is 5.91 Å². The first-order valence-electron chi connectivity index (χ1n) is 9.35. The van der Waals surface area contributed by atoms with Crippen molar-refractivity contribution in [1.29, 1.82) is 0 Å². The molecule has 27 heavy (non-hydrogen) atoms. The molecule has 0 aromatic heterocycles. The second kappa shape index (κ2) is 7.08. The molecule has 1 saturated heterocycles. The van der Waals surface area contributed by atoms with E-state index in [4.69, 9.17) is 4.74 Å². The van der Waals surface area contributed by atoms with Gasteiger partial charge in [-0.3, -0.25) is 9.80 Å². The fourth-order valence-corrected chi connectivity index (χ4v) is 3.90. The number of allylic oxidation sites excluding steroid dienone is 1. The lowest BCUT2D eigenvalue weighted by Gasteiger charge is -2.34. The predicted octanol–water partition coefficient (Wildman–Crippen LogP) is 3.34. The normalized spacial score (nSPS) is 24.4. The molecule has 2 aliphatic rings. The number of hydrogen-bond donors (Lipinski definition) is 2. The first-order valence-corrected chi connectivity index (χ1v) is 9.35. The minimum atomic E-state index is -0.130. The quantitative estimate of drug-likeness (QED) is 0.875. The molecule has 2 aliphatic heterocycles. The van der Waals surface area contributed by atoms with Crippen LogP contribution in [0.15, 0.2) is 66.4 Å². The number of hydrogen-bond acceptors (Lipinski definition) is 4. The summed E-state index contributed by atoms with van der Waals surface area (Å²) in [5.41, 5.74) is 6.75. The minimum Gasteiger partial charge on any atom is -0.497 e. The SMILES string of the molecule is COc1ccc(C2NN3C(=O)C=C(C(C)C)NC3C2c2ccccc2)cc1. The van der Waals surface area contributed by atoms with Gasteiger partial charge in [-0.1, -0.05) is 56.3 Å². The van der Waals surface area contributed by atoms with Crippen molar-refractivity contribution in [1.82, 2.24) is 15.8 Å². The molecule has 4 rings (SSSR count). The molecule has 3 atom stereocenters. The maximum Gasteiger partial charge on any atom is 0.264 e. The molecule has 5 heteroatoms. The Kier molecular flexibility index (Phi) is 4.62. The lowest BCUT2D eigenvalue weighted by Crippen LogP contribution is -2.53. The van der Waals surface area contributed by atoms with Crippen molar-refractivity contribution in [3.8, 4) is 5.75 Å². The van der Waals surface area contributed by atoms with Gasteiger partial charge in [-0.05, 0) is 29.2 Å². The van der Waals surface area contributed by atoms with Crippen LogP contribution in [0.3, 0.4) is 0 Å². The largest absolute Gasteiger partial charge is 0.497 e. The van der Waals surface area contributed by atoms with Crippen LogP contribution in [0.2, 0.25) is 0 Å². The maximum atomic E-state index is 12.8. The molecule has 1 amide bonds. The maximum absolute atomic E-state index is 12.8. The first-order chi connectivity index (χ1) is 13.1. The number of methoxy groups -OCH3 is 1. The Labute approximate surface area is 160 Å². The van der Waals surface area contributed by atoms with Gasteiger partial charge in [-0.25, -0.2) is 5.43 Å². The van der Waals surface area contributed by atoms with Crippen molar-refractivity contribution in [2.45, 2.75) is 32.0 Å². The van der Waals surface area contributed by atoms with Crippen molar-refractivity contribution in [2.75, 3.05) is 7.11 Å². The highest BCUT2D eigenvalue weighted by Crippen LogP contribution is 2.42. The lowest BCUT2D eigenvalue weighted by atomic mass is 9.85. The Morgan fingerprint density at radius 3 is 2.33 bits per heavy atom. The highest BCUT2D eigenvalue weighted by Gasteiger charge is 2.47. The van der Waals surface area contributed by atoms with Gasteiger partial charge in [-0.2, -0.15) is 0 Å². The molecule has 0 saturated carbocycles. The van der Waals surface area contributed by atoms with Gasteiger partial charge in [0.2, 0.25) is 0 Å². The average Bonchev–Trinajstić information content (AvgIpc) is 3.08. The van der Waals surface area contributed by atoms with E-state index in [1.165, 1.54) is 5.56 Å². The van der Waals surface area contributed by atoms with E-state index in [0.717, 1.165) is 17.0 Å². The Bertz CT molecular complexity index is 846. The second-order valence-corrected chi connectivity index (χ2v) is 7.37. The molecule has 2 heterocycles. The smallest absolute Gasteiger partial charge is 0.264 e. The third kappa shape index (κ3) is 3.19. The van der Waals surface area contributed by atoms with Crippen molar-refractivity contribution in [2.24, 2.45) is 5.92 Å². The van der Waals surface area contributed by atoms with Crippen molar-refractivity contribution in [3.05, 3.63) is 77.5 Å². The van der Waals surface area contributed by atoms with Gasteiger partial charge < -0.3 is 10.1 Å². The van der Waals surface area contributed by atoms with Gasteiger partial charge in [0.1, 0.15) is 11.9 Å².